The van der Waals surface area contributed by atoms with E-state index >= 15 is 0 Å². The second-order valence-corrected chi connectivity index (χ2v) is 5.91. The molecule has 2 aliphatic rings. The van der Waals surface area contributed by atoms with Crippen LogP contribution in [0.1, 0.15) is 44.9 Å². The standard InChI is InChI=1S/C15H26N2O2/c1-17(11-12-7-5-6-10-14(12)18)15(19)16-13-8-3-2-4-9-13/h3,8,12-14,18H,2,4-7,9-11H2,1H3,(H,16,19). The zero-order valence-corrected chi connectivity index (χ0v) is 11.8. The summed E-state index contributed by atoms with van der Waals surface area (Å²) in [6, 6.07) is 0.161. The van der Waals surface area contributed by atoms with Gasteiger partial charge in [0.1, 0.15) is 0 Å². The molecule has 108 valence electrons. The van der Waals surface area contributed by atoms with Crippen LogP contribution < -0.4 is 5.32 Å². The Morgan fingerprint density at radius 2 is 2.11 bits per heavy atom. The fraction of sp³-hybridized carbons (Fsp3) is 0.800. The van der Waals surface area contributed by atoms with Crippen LogP contribution in [-0.4, -0.2) is 41.8 Å². The Bertz CT molecular complexity index is 330. The van der Waals surface area contributed by atoms with Crippen LogP contribution >= 0.6 is 0 Å². The molecule has 3 atom stereocenters. The molecule has 19 heavy (non-hydrogen) atoms. The highest BCUT2D eigenvalue weighted by molar-refractivity contribution is 5.74. The summed E-state index contributed by atoms with van der Waals surface area (Å²) in [4.78, 5) is 13.8. The summed E-state index contributed by atoms with van der Waals surface area (Å²) in [5.41, 5.74) is 0. The van der Waals surface area contributed by atoms with Crippen LogP contribution in [0.2, 0.25) is 0 Å². The van der Waals surface area contributed by atoms with Crippen LogP contribution in [0.15, 0.2) is 12.2 Å². The topological polar surface area (TPSA) is 52.6 Å². The number of amides is 2. The van der Waals surface area contributed by atoms with Gasteiger partial charge < -0.3 is 15.3 Å². The van der Waals surface area contributed by atoms with E-state index < -0.39 is 0 Å². The molecule has 0 aliphatic heterocycles. The SMILES string of the molecule is CN(CC1CCCCC1O)C(=O)NC1C=CCCC1. The van der Waals surface area contributed by atoms with Gasteiger partial charge in [-0.3, -0.25) is 0 Å². The van der Waals surface area contributed by atoms with E-state index in [0.29, 0.717) is 6.54 Å². The quantitative estimate of drug-likeness (QED) is 0.770. The van der Waals surface area contributed by atoms with Crippen molar-refractivity contribution in [2.24, 2.45) is 5.92 Å². The number of nitrogens with one attached hydrogen (secondary N) is 1. The number of urea groups is 1. The first-order valence-electron chi connectivity index (χ1n) is 7.53. The fourth-order valence-corrected chi connectivity index (χ4v) is 3.04. The molecule has 2 amide bonds. The minimum atomic E-state index is -0.237. The average Bonchev–Trinajstić information content (AvgIpc) is 2.42. The van der Waals surface area contributed by atoms with Gasteiger partial charge in [-0.25, -0.2) is 4.79 Å². The molecule has 0 heterocycles. The van der Waals surface area contributed by atoms with Gasteiger partial charge in [0.2, 0.25) is 0 Å². The van der Waals surface area contributed by atoms with Gasteiger partial charge in [-0.05, 0) is 32.1 Å². The van der Waals surface area contributed by atoms with E-state index in [2.05, 4.69) is 17.5 Å². The van der Waals surface area contributed by atoms with E-state index in [0.717, 1.165) is 38.5 Å². The number of aliphatic hydroxyl groups is 1. The molecule has 2 N–H and O–H groups in total. The van der Waals surface area contributed by atoms with E-state index in [4.69, 9.17) is 0 Å². The maximum absolute atomic E-state index is 12.1. The van der Waals surface area contributed by atoms with Gasteiger partial charge in [-0.2, -0.15) is 0 Å². The van der Waals surface area contributed by atoms with Crippen LogP contribution in [0.25, 0.3) is 0 Å². The number of allylic oxidation sites excluding steroid dienone is 1. The Morgan fingerprint density at radius 1 is 1.32 bits per heavy atom. The van der Waals surface area contributed by atoms with Crippen molar-refractivity contribution in [3.8, 4) is 0 Å². The van der Waals surface area contributed by atoms with Gasteiger partial charge in [0.25, 0.3) is 0 Å². The lowest BCUT2D eigenvalue weighted by molar-refractivity contribution is 0.0563. The van der Waals surface area contributed by atoms with Crippen LogP contribution in [0, 0.1) is 5.92 Å². The summed E-state index contributed by atoms with van der Waals surface area (Å²) in [6.07, 6.45) is 11.5. The molecule has 4 nitrogen and oxygen atoms in total. The Hall–Kier alpha value is -1.03. The minimum Gasteiger partial charge on any atom is -0.393 e. The maximum Gasteiger partial charge on any atom is 0.317 e. The molecule has 0 spiro atoms. The largest absolute Gasteiger partial charge is 0.393 e. The number of hydrogen-bond donors (Lipinski definition) is 2. The molecule has 2 aliphatic carbocycles. The van der Waals surface area contributed by atoms with Crippen LogP contribution in [0.3, 0.4) is 0 Å². The van der Waals surface area contributed by atoms with Crippen molar-refractivity contribution in [2.75, 3.05) is 13.6 Å². The van der Waals surface area contributed by atoms with E-state index in [1.807, 2.05) is 7.05 Å². The molecular weight excluding hydrogens is 240 g/mol. The first kappa shape index (κ1) is 14.4. The number of carbonyl (C=O) groups excluding carboxylic acids is 1. The van der Waals surface area contributed by atoms with Crippen LogP contribution in [0.4, 0.5) is 4.79 Å². The van der Waals surface area contributed by atoms with Crippen molar-refractivity contribution in [1.29, 1.82) is 0 Å². The second kappa shape index (κ2) is 6.94. The average molecular weight is 266 g/mol. The van der Waals surface area contributed by atoms with Crippen molar-refractivity contribution in [3.63, 3.8) is 0 Å². The Morgan fingerprint density at radius 3 is 2.79 bits per heavy atom. The molecule has 0 aromatic heterocycles. The highest BCUT2D eigenvalue weighted by Crippen LogP contribution is 2.24. The van der Waals surface area contributed by atoms with Crippen molar-refractivity contribution in [2.45, 2.75) is 57.1 Å². The third-order valence-electron chi connectivity index (χ3n) is 4.29. The lowest BCUT2D eigenvalue weighted by atomic mass is 9.86. The Balaban J connectivity index is 1.78. The summed E-state index contributed by atoms with van der Waals surface area (Å²) >= 11 is 0. The van der Waals surface area contributed by atoms with Crippen molar-refractivity contribution >= 4 is 6.03 Å². The van der Waals surface area contributed by atoms with Gasteiger partial charge >= 0.3 is 6.03 Å². The summed E-state index contributed by atoms with van der Waals surface area (Å²) in [5.74, 6) is 0.242. The highest BCUT2D eigenvalue weighted by atomic mass is 16.3. The molecule has 3 unspecified atom stereocenters. The van der Waals surface area contributed by atoms with Crippen molar-refractivity contribution < 1.29 is 9.90 Å². The van der Waals surface area contributed by atoms with Gasteiger partial charge in [0.15, 0.2) is 0 Å². The first-order chi connectivity index (χ1) is 9.16. The van der Waals surface area contributed by atoms with E-state index in [9.17, 15) is 9.90 Å². The third-order valence-corrected chi connectivity index (χ3v) is 4.29. The third kappa shape index (κ3) is 4.23. The van der Waals surface area contributed by atoms with Gasteiger partial charge in [0.05, 0.1) is 6.10 Å². The molecule has 0 bridgehead atoms. The van der Waals surface area contributed by atoms with Gasteiger partial charge in [0, 0.05) is 25.6 Å². The lowest BCUT2D eigenvalue weighted by Crippen LogP contribution is -2.46. The summed E-state index contributed by atoms with van der Waals surface area (Å²) in [7, 11) is 1.82. The maximum atomic E-state index is 12.1. The first-order valence-corrected chi connectivity index (χ1v) is 7.53. The van der Waals surface area contributed by atoms with Gasteiger partial charge in [-0.1, -0.05) is 25.0 Å². The lowest BCUT2D eigenvalue weighted by Gasteiger charge is -2.32. The Labute approximate surface area is 115 Å². The van der Waals surface area contributed by atoms with Crippen LogP contribution in [-0.2, 0) is 0 Å². The number of rotatable bonds is 3. The molecule has 0 saturated heterocycles. The summed E-state index contributed by atoms with van der Waals surface area (Å²) in [6.45, 7) is 0.656. The monoisotopic (exact) mass is 266 g/mol. The number of aliphatic hydroxyl groups excluding tert-OH is 1. The second-order valence-electron chi connectivity index (χ2n) is 5.91. The zero-order valence-electron chi connectivity index (χ0n) is 11.8. The molecule has 1 fully saturated rings. The fourth-order valence-electron chi connectivity index (χ4n) is 3.04. The molecule has 0 aromatic carbocycles. The zero-order chi connectivity index (χ0) is 13.7. The number of carbonyl (C=O) groups is 1. The number of nitrogens with zero attached hydrogens (tertiary/aromatic N) is 1. The van der Waals surface area contributed by atoms with E-state index in [-0.39, 0.29) is 24.1 Å². The molecule has 0 radical (unpaired) electrons. The highest BCUT2D eigenvalue weighted by Gasteiger charge is 2.26. The molecular formula is C15H26N2O2. The summed E-state index contributed by atoms with van der Waals surface area (Å²) < 4.78 is 0. The van der Waals surface area contributed by atoms with Crippen molar-refractivity contribution in [3.05, 3.63) is 12.2 Å². The molecule has 4 heteroatoms. The summed E-state index contributed by atoms with van der Waals surface area (Å²) in [5, 5.41) is 13.0. The predicted octanol–water partition coefficient (Wildman–Crippen LogP) is 2.29. The predicted molar refractivity (Wildman–Crippen MR) is 75.9 cm³/mol. The molecule has 2 rings (SSSR count). The molecule has 0 aromatic rings. The van der Waals surface area contributed by atoms with Crippen molar-refractivity contribution in [1.82, 2.24) is 10.2 Å². The Kier molecular flexibility index (Phi) is 5.25. The van der Waals surface area contributed by atoms with E-state index in [1.54, 1.807) is 4.90 Å². The number of hydrogen-bond acceptors (Lipinski definition) is 2. The normalized spacial score (nSPS) is 30.9. The van der Waals surface area contributed by atoms with Gasteiger partial charge in [-0.15, -0.1) is 0 Å². The minimum absolute atomic E-state index is 0.0191. The van der Waals surface area contributed by atoms with E-state index in [1.165, 1.54) is 6.42 Å². The molecule has 1 saturated carbocycles. The smallest absolute Gasteiger partial charge is 0.317 e. The van der Waals surface area contributed by atoms with Crippen LogP contribution in [0.5, 0.6) is 0 Å².